The summed E-state index contributed by atoms with van der Waals surface area (Å²) in [6.45, 7) is 5.93. The molecule has 0 bridgehead atoms. The Morgan fingerprint density at radius 3 is 2.47 bits per heavy atom. The molecule has 0 fully saturated rings. The highest BCUT2D eigenvalue weighted by Crippen LogP contribution is 2.19. The Labute approximate surface area is 115 Å². The van der Waals surface area contributed by atoms with E-state index in [-0.39, 0.29) is 18.4 Å². The lowest BCUT2D eigenvalue weighted by Gasteiger charge is -2.28. The van der Waals surface area contributed by atoms with Crippen LogP contribution in [0.3, 0.4) is 0 Å². The van der Waals surface area contributed by atoms with Crippen LogP contribution in [-0.2, 0) is 11.2 Å². The number of aliphatic hydroxyl groups is 1. The molecule has 0 radical (unpaired) electrons. The molecule has 0 aromatic heterocycles. The summed E-state index contributed by atoms with van der Waals surface area (Å²) in [7, 11) is 1.60. The van der Waals surface area contributed by atoms with E-state index < -0.39 is 6.10 Å². The van der Waals surface area contributed by atoms with E-state index in [9.17, 15) is 9.90 Å². The molecule has 0 aliphatic heterocycles. The number of carbonyl (C=O) groups excluding carboxylic acids is 1. The minimum atomic E-state index is -0.524. The molecule has 0 heterocycles. The molecule has 1 N–H and O–H groups in total. The van der Waals surface area contributed by atoms with Crippen LogP contribution >= 0.6 is 0 Å². The number of benzene rings is 1. The van der Waals surface area contributed by atoms with Gasteiger partial charge in [0.1, 0.15) is 5.75 Å². The number of rotatable bonds is 6. The summed E-state index contributed by atoms with van der Waals surface area (Å²) in [5, 5.41) is 9.47. The molecule has 4 heteroatoms. The fraction of sp³-hybridized carbons (Fsp3) is 0.533. The molecule has 1 rings (SSSR count). The van der Waals surface area contributed by atoms with Crippen LogP contribution in [0.1, 0.15) is 26.3 Å². The number of aliphatic hydroxyl groups excluding tert-OH is 1. The second-order valence-corrected chi connectivity index (χ2v) is 4.98. The summed E-state index contributed by atoms with van der Waals surface area (Å²) in [6, 6.07) is 7.56. The van der Waals surface area contributed by atoms with Crippen molar-refractivity contribution in [1.29, 1.82) is 0 Å². The SMILES string of the molecule is COc1ccccc1CC(=O)N(CC(C)O)C(C)C. The Morgan fingerprint density at radius 1 is 1.32 bits per heavy atom. The summed E-state index contributed by atoms with van der Waals surface area (Å²) in [5.41, 5.74) is 0.867. The fourth-order valence-electron chi connectivity index (χ4n) is 2.00. The Bertz CT molecular complexity index is 416. The molecule has 19 heavy (non-hydrogen) atoms. The largest absolute Gasteiger partial charge is 0.496 e. The highest BCUT2D eigenvalue weighted by Gasteiger charge is 2.20. The number of amides is 1. The predicted molar refractivity (Wildman–Crippen MR) is 75.2 cm³/mol. The van der Waals surface area contributed by atoms with E-state index in [2.05, 4.69) is 0 Å². The average Bonchev–Trinajstić information content (AvgIpc) is 2.36. The maximum absolute atomic E-state index is 12.3. The van der Waals surface area contributed by atoms with Gasteiger partial charge in [-0.15, -0.1) is 0 Å². The third-order valence-electron chi connectivity index (χ3n) is 2.94. The standard InChI is InChI=1S/C15H23NO3/c1-11(2)16(10-12(3)17)15(18)9-13-7-5-6-8-14(13)19-4/h5-8,11-12,17H,9-10H2,1-4H3. The van der Waals surface area contributed by atoms with E-state index in [1.807, 2.05) is 38.1 Å². The van der Waals surface area contributed by atoms with Gasteiger partial charge in [-0.25, -0.2) is 0 Å². The quantitative estimate of drug-likeness (QED) is 0.854. The van der Waals surface area contributed by atoms with Gasteiger partial charge < -0.3 is 14.7 Å². The summed E-state index contributed by atoms with van der Waals surface area (Å²) in [5.74, 6) is 0.719. The molecule has 1 aromatic rings. The van der Waals surface area contributed by atoms with Crippen molar-refractivity contribution >= 4 is 5.91 Å². The smallest absolute Gasteiger partial charge is 0.227 e. The van der Waals surface area contributed by atoms with Crippen molar-refractivity contribution in [1.82, 2.24) is 4.90 Å². The topological polar surface area (TPSA) is 49.8 Å². The summed E-state index contributed by atoms with van der Waals surface area (Å²) in [6.07, 6.45) is -0.237. The normalized spacial score (nSPS) is 12.3. The second-order valence-electron chi connectivity index (χ2n) is 4.98. The van der Waals surface area contributed by atoms with E-state index in [0.29, 0.717) is 6.54 Å². The summed E-state index contributed by atoms with van der Waals surface area (Å²) in [4.78, 5) is 14.0. The summed E-state index contributed by atoms with van der Waals surface area (Å²) >= 11 is 0. The first kappa shape index (κ1) is 15.5. The maximum Gasteiger partial charge on any atom is 0.227 e. The third kappa shape index (κ3) is 4.56. The first-order chi connectivity index (χ1) is 8.95. The van der Waals surface area contributed by atoms with Crippen molar-refractivity contribution in [3.63, 3.8) is 0 Å². The van der Waals surface area contributed by atoms with Gasteiger partial charge in [0.05, 0.1) is 19.6 Å². The van der Waals surface area contributed by atoms with Gasteiger partial charge in [-0.2, -0.15) is 0 Å². The first-order valence-corrected chi connectivity index (χ1v) is 6.55. The molecular formula is C15H23NO3. The number of methoxy groups -OCH3 is 1. The minimum absolute atomic E-state index is 0.000370. The van der Waals surface area contributed by atoms with Crippen LogP contribution in [0.4, 0.5) is 0 Å². The molecule has 0 saturated carbocycles. The molecule has 106 valence electrons. The number of nitrogens with zero attached hydrogens (tertiary/aromatic N) is 1. The molecule has 0 saturated heterocycles. The van der Waals surface area contributed by atoms with E-state index in [4.69, 9.17) is 4.74 Å². The molecular weight excluding hydrogens is 242 g/mol. The van der Waals surface area contributed by atoms with E-state index >= 15 is 0 Å². The lowest BCUT2D eigenvalue weighted by atomic mass is 10.1. The zero-order chi connectivity index (χ0) is 14.4. The first-order valence-electron chi connectivity index (χ1n) is 6.55. The van der Waals surface area contributed by atoms with Gasteiger partial charge in [-0.1, -0.05) is 18.2 Å². The number of ether oxygens (including phenoxy) is 1. The van der Waals surface area contributed by atoms with Crippen molar-refractivity contribution in [2.24, 2.45) is 0 Å². The van der Waals surface area contributed by atoms with Crippen LogP contribution < -0.4 is 4.74 Å². The molecule has 1 unspecified atom stereocenters. The van der Waals surface area contributed by atoms with Gasteiger partial charge in [0, 0.05) is 18.2 Å². The monoisotopic (exact) mass is 265 g/mol. The fourth-order valence-corrected chi connectivity index (χ4v) is 2.00. The Morgan fingerprint density at radius 2 is 1.95 bits per heavy atom. The summed E-state index contributed by atoms with van der Waals surface area (Å²) < 4.78 is 5.25. The molecule has 0 aliphatic rings. The van der Waals surface area contributed by atoms with Crippen LogP contribution in [-0.4, -0.2) is 41.7 Å². The second kappa shape index (κ2) is 7.14. The van der Waals surface area contributed by atoms with Crippen molar-refractivity contribution < 1.29 is 14.6 Å². The van der Waals surface area contributed by atoms with E-state index in [1.54, 1.807) is 18.9 Å². The molecule has 1 atom stereocenters. The molecule has 1 amide bonds. The molecule has 0 aliphatic carbocycles. The van der Waals surface area contributed by atoms with Gasteiger partial charge in [0.25, 0.3) is 0 Å². The molecule has 1 aromatic carbocycles. The highest BCUT2D eigenvalue weighted by molar-refractivity contribution is 5.79. The minimum Gasteiger partial charge on any atom is -0.496 e. The lowest BCUT2D eigenvalue weighted by molar-refractivity contribution is -0.133. The van der Waals surface area contributed by atoms with Gasteiger partial charge in [-0.05, 0) is 26.8 Å². The van der Waals surface area contributed by atoms with Crippen LogP contribution in [0, 0.1) is 0 Å². The average molecular weight is 265 g/mol. The maximum atomic E-state index is 12.3. The van der Waals surface area contributed by atoms with Gasteiger partial charge in [0.2, 0.25) is 5.91 Å². The zero-order valence-corrected chi connectivity index (χ0v) is 12.1. The Hall–Kier alpha value is -1.55. The van der Waals surface area contributed by atoms with Crippen LogP contribution in [0.2, 0.25) is 0 Å². The van der Waals surface area contributed by atoms with Crippen molar-refractivity contribution in [3.8, 4) is 5.75 Å². The number of carbonyl (C=O) groups is 1. The number of para-hydroxylation sites is 1. The van der Waals surface area contributed by atoms with Crippen LogP contribution in [0.15, 0.2) is 24.3 Å². The Balaban J connectivity index is 2.81. The zero-order valence-electron chi connectivity index (χ0n) is 12.1. The van der Waals surface area contributed by atoms with Crippen LogP contribution in [0.25, 0.3) is 0 Å². The number of hydrogen-bond acceptors (Lipinski definition) is 3. The highest BCUT2D eigenvalue weighted by atomic mass is 16.5. The van der Waals surface area contributed by atoms with Crippen molar-refractivity contribution in [2.45, 2.75) is 39.3 Å². The number of hydrogen-bond donors (Lipinski definition) is 1. The van der Waals surface area contributed by atoms with Gasteiger partial charge in [-0.3, -0.25) is 4.79 Å². The van der Waals surface area contributed by atoms with E-state index in [1.165, 1.54) is 0 Å². The van der Waals surface area contributed by atoms with Gasteiger partial charge in [0.15, 0.2) is 0 Å². The third-order valence-corrected chi connectivity index (χ3v) is 2.94. The predicted octanol–water partition coefficient (Wildman–Crippen LogP) is 1.86. The van der Waals surface area contributed by atoms with Crippen molar-refractivity contribution in [3.05, 3.63) is 29.8 Å². The van der Waals surface area contributed by atoms with E-state index in [0.717, 1.165) is 11.3 Å². The molecule has 0 spiro atoms. The van der Waals surface area contributed by atoms with Gasteiger partial charge >= 0.3 is 0 Å². The lowest BCUT2D eigenvalue weighted by Crippen LogP contribution is -2.42. The van der Waals surface area contributed by atoms with Crippen molar-refractivity contribution in [2.75, 3.05) is 13.7 Å². The Kier molecular flexibility index (Phi) is 5.83. The molecule has 4 nitrogen and oxygen atoms in total. The van der Waals surface area contributed by atoms with Crippen LogP contribution in [0.5, 0.6) is 5.75 Å².